The Labute approximate surface area is 122 Å². The zero-order valence-electron chi connectivity index (χ0n) is 11.7. The molecule has 0 radical (unpaired) electrons. The SMILES string of the molecule is CC(Nc1ccnc2cc(N)ccc12)c1ccccc1F. The van der Waals surface area contributed by atoms with Crippen molar-refractivity contribution in [3.8, 4) is 0 Å². The summed E-state index contributed by atoms with van der Waals surface area (Å²) in [6.45, 7) is 1.93. The van der Waals surface area contributed by atoms with Crippen LogP contribution in [0.5, 0.6) is 0 Å². The molecule has 2 aromatic carbocycles. The van der Waals surface area contributed by atoms with E-state index in [0.29, 0.717) is 11.3 Å². The quantitative estimate of drug-likeness (QED) is 0.710. The van der Waals surface area contributed by atoms with Gasteiger partial charge in [0.1, 0.15) is 5.82 Å². The molecule has 3 rings (SSSR count). The molecule has 0 aliphatic rings. The van der Waals surface area contributed by atoms with Crippen molar-refractivity contribution in [2.24, 2.45) is 0 Å². The Bertz CT molecular complexity index is 786. The van der Waals surface area contributed by atoms with Crippen LogP contribution in [0.4, 0.5) is 15.8 Å². The lowest BCUT2D eigenvalue weighted by molar-refractivity contribution is 0.600. The third kappa shape index (κ3) is 2.65. The van der Waals surface area contributed by atoms with E-state index in [9.17, 15) is 4.39 Å². The van der Waals surface area contributed by atoms with Crippen LogP contribution in [0.1, 0.15) is 18.5 Å². The average molecular weight is 281 g/mol. The van der Waals surface area contributed by atoms with E-state index in [1.165, 1.54) is 6.07 Å². The van der Waals surface area contributed by atoms with Crippen molar-refractivity contribution in [3.63, 3.8) is 0 Å². The molecule has 0 spiro atoms. The second-order valence-corrected chi connectivity index (χ2v) is 5.02. The van der Waals surface area contributed by atoms with Crippen LogP contribution in [0.25, 0.3) is 10.9 Å². The Morgan fingerprint density at radius 3 is 2.76 bits per heavy atom. The standard InChI is InChI=1S/C17H16FN3/c1-11(13-4-2-3-5-15(13)18)21-16-8-9-20-17-10-12(19)6-7-14(16)17/h2-11H,19H2,1H3,(H,20,21). The van der Waals surface area contributed by atoms with Crippen LogP contribution < -0.4 is 11.1 Å². The van der Waals surface area contributed by atoms with Crippen LogP contribution in [0.3, 0.4) is 0 Å². The van der Waals surface area contributed by atoms with E-state index in [1.807, 2.05) is 37.3 Å². The number of halogens is 1. The molecule has 0 aliphatic heterocycles. The molecule has 3 N–H and O–H groups in total. The second-order valence-electron chi connectivity index (χ2n) is 5.02. The molecule has 3 aromatic rings. The molecule has 21 heavy (non-hydrogen) atoms. The highest BCUT2D eigenvalue weighted by Gasteiger charge is 2.11. The van der Waals surface area contributed by atoms with Gasteiger partial charge >= 0.3 is 0 Å². The highest BCUT2D eigenvalue weighted by atomic mass is 19.1. The van der Waals surface area contributed by atoms with Gasteiger partial charge in [-0.15, -0.1) is 0 Å². The van der Waals surface area contributed by atoms with Gasteiger partial charge in [0.25, 0.3) is 0 Å². The fraction of sp³-hybridized carbons (Fsp3) is 0.118. The fourth-order valence-corrected chi connectivity index (χ4v) is 2.43. The molecule has 1 unspecified atom stereocenters. The molecular weight excluding hydrogens is 265 g/mol. The van der Waals surface area contributed by atoms with E-state index in [2.05, 4.69) is 10.3 Å². The lowest BCUT2D eigenvalue weighted by Crippen LogP contribution is -2.09. The lowest BCUT2D eigenvalue weighted by Gasteiger charge is -2.17. The van der Waals surface area contributed by atoms with Crippen LogP contribution >= 0.6 is 0 Å². The van der Waals surface area contributed by atoms with E-state index in [1.54, 1.807) is 18.3 Å². The number of benzene rings is 2. The van der Waals surface area contributed by atoms with E-state index in [4.69, 9.17) is 5.73 Å². The van der Waals surface area contributed by atoms with Gasteiger partial charge in [0.15, 0.2) is 0 Å². The van der Waals surface area contributed by atoms with Gasteiger partial charge in [0.2, 0.25) is 0 Å². The van der Waals surface area contributed by atoms with Gasteiger partial charge in [-0.3, -0.25) is 4.98 Å². The van der Waals surface area contributed by atoms with Gasteiger partial charge in [-0.2, -0.15) is 0 Å². The van der Waals surface area contributed by atoms with Crippen LogP contribution in [-0.2, 0) is 0 Å². The molecule has 4 heteroatoms. The minimum absolute atomic E-state index is 0.144. The van der Waals surface area contributed by atoms with Crippen LogP contribution in [0.15, 0.2) is 54.7 Å². The van der Waals surface area contributed by atoms with Crippen molar-refractivity contribution in [1.82, 2.24) is 4.98 Å². The average Bonchev–Trinajstić information content (AvgIpc) is 2.47. The van der Waals surface area contributed by atoms with Crippen molar-refractivity contribution >= 4 is 22.3 Å². The van der Waals surface area contributed by atoms with Crippen LogP contribution in [0.2, 0.25) is 0 Å². The Morgan fingerprint density at radius 1 is 1.14 bits per heavy atom. The van der Waals surface area contributed by atoms with Gasteiger partial charge in [-0.1, -0.05) is 18.2 Å². The maximum absolute atomic E-state index is 13.8. The maximum atomic E-state index is 13.8. The highest BCUT2D eigenvalue weighted by molar-refractivity contribution is 5.92. The Morgan fingerprint density at radius 2 is 1.95 bits per heavy atom. The first-order chi connectivity index (χ1) is 10.1. The number of rotatable bonds is 3. The number of aromatic nitrogens is 1. The van der Waals surface area contributed by atoms with Crippen molar-refractivity contribution in [3.05, 3.63) is 66.1 Å². The molecule has 3 nitrogen and oxygen atoms in total. The molecule has 0 amide bonds. The highest BCUT2D eigenvalue weighted by Crippen LogP contribution is 2.27. The second kappa shape index (κ2) is 5.40. The normalized spacial score (nSPS) is 12.3. The number of nitrogens with two attached hydrogens (primary N) is 1. The lowest BCUT2D eigenvalue weighted by atomic mass is 10.1. The third-order valence-corrected chi connectivity index (χ3v) is 3.51. The van der Waals surface area contributed by atoms with Crippen LogP contribution in [0, 0.1) is 5.82 Å². The first kappa shape index (κ1) is 13.4. The van der Waals surface area contributed by atoms with E-state index < -0.39 is 0 Å². The largest absolute Gasteiger partial charge is 0.399 e. The minimum Gasteiger partial charge on any atom is -0.399 e. The number of hydrogen-bond acceptors (Lipinski definition) is 3. The van der Waals surface area contributed by atoms with E-state index in [-0.39, 0.29) is 11.9 Å². The molecule has 106 valence electrons. The number of nitrogens with zero attached hydrogens (tertiary/aromatic N) is 1. The number of hydrogen-bond donors (Lipinski definition) is 2. The molecule has 1 heterocycles. The summed E-state index contributed by atoms with van der Waals surface area (Å²) in [6.07, 6.45) is 1.72. The third-order valence-electron chi connectivity index (χ3n) is 3.51. The Balaban J connectivity index is 1.97. The molecular formula is C17H16FN3. The number of nitrogens with one attached hydrogen (secondary N) is 1. The maximum Gasteiger partial charge on any atom is 0.128 e. The van der Waals surface area contributed by atoms with E-state index in [0.717, 1.165) is 16.6 Å². The molecule has 0 aliphatic carbocycles. The van der Waals surface area contributed by atoms with Gasteiger partial charge in [-0.25, -0.2) is 4.39 Å². The summed E-state index contributed by atoms with van der Waals surface area (Å²) in [7, 11) is 0. The summed E-state index contributed by atoms with van der Waals surface area (Å²) < 4.78 is 13.8. The topological polar surface area (TPSA) is 50.9 Å². The summed E-state index contributed by atoms with van der Waals surface area (Å²) in [5, 5.41) is 4.31. The van der Waals surface area contributed by atoms with Gasteiger partial charge in [-0.05, 0) is 37.3 Å². The number of nitrogen functional groups attached to an aromatic ring is 1. The van der Waals surface area contributed by atoms with Crippen molar-refractivity contribution in [2.45, 2.75) is 13.0 Å². The van der Waals surface area contributed by atoms with Crippen molar-refractivity contribution < 1.29 is 4.39 Å². The van der Waals surface area contributed by atoms with Crippen LogP contribution in [-0.4, -0.2) is 4.98 Å². The molecule has 0 fully saturated rings. The Hall–Kier alpha value is -2.62. The van der Waals surface area contributed by atoms with Gasteiger partial charge < -0.3 is 11.1 Å². The number of pyridine rings is 1. The first-order valence-corrected chi connectivity index (χ1v) is 6.80. The fourth-order valence-electron chi connectivity index (χ4n) is 2.43. The summed E-state index contributed by atoms with van der Waals surface area (Å²) in [6, 6.07) is 14.1. The number of fused-ring (bicyclic) bond motifs is 1. The van der Waals surface area contributed by atoms with Crippen molar-refractivity contribution in [1.29, 1.82) is 0 Å². The summed E-state index contributed by atoms with van der Waals surface area (Å²) >= 11 is 0. The molecule has 1 atom stereocenters. The van der Waals surface area contributed by atoms with E-state index >= 15 is 0 Å². The summed E-state index contributed by atoms with van der Waals surface area (Å²) in [5.41, 5.74) is 8.82. The van der Waals surface area contributed by atoms with Crippen molar-refractivity contribution in [2.75, 3.05) is 11.1 Å². The molecule has 0 saturated heterocycles. The molecule has 0 bridgehead atoms. The first-order valence-electron chi connectivity index (χ1n) is 6.80. The molecule has 1 aromatic heterocycles. The molecule has 0 saturated carbocycles. The predicted molar refractivity (Wildman–Crippen MR) is 84.6 cm³/mol. The smallest absolute Gasteiger partial charge is 0.128 e. The Kier molecular flexibility index (Phi) is 3.44. The predicted octanol–water partition coefficient (Wildman–Crippen LogP) is 4.13. The summed E-state index contributed by atoms with van der Waals surface area (Å²) in [4.78, 5) is 4.31. The monoisotopic (exact) mass is 281 g/mol. The zero-order chi connectivity index (χ0) is 14.8. The van der Waals surface area contributed by atoms with Gasteiger partial charge in [0.05, 0.1) is 11.6 Å². The summed E-state index contributed by atoms with van der Waals surface area (Å²) in [5.74, 6) is -0.208. The number of anilines is 2. The van der Waals surface area contributed by atoms with Gasteiger partial charge in [0, 0.05) is 28.5 Å². The minimum atomic E-state index is -0.208. The zero-order valence-corrected chi connectivity index (χ0v) is 11.7.